The minimum Gasteiger partial charge on any atom is -0.493 e. The number of piperazine rings is 1. The Bertz CT molecular complexity index is 1100. The maximum absolute atomic E-state index is 12.6. The second kappa shape index (κ2) is 9.65. The lowest BCUT2D eigenvalue weighted by Crippen LogP contribution is -2.49. The van der Waals surface area contributed by atoms with Crippen LogP contribution >= 0.6 is 0 Å². The first-order chi connectivity index (χ1) is 15.5. The smallest absolute Gasteiger partial charge is 0.344 e. The van der Waals surface area contributed by atoms with Gasteiger partial charge in [0, 0.05) is 45.8 Å². The standard InChI is InChI=1S/C24H26N4O4/c1-18(29)21-10-11-28(25-21)24(30)27-14-12-26(13-15-27)17-19-6-5-7-20(16-19)32-23-9-4-3-8-22(23)31-2/h3-11,16H,12-15,17H2,1-2H3. The fourth-order valence-corrected chi connectivity index (χ4v) is 3.66. The number of Topliss-reactive ketones (excluding diaryl/α,β-unsaturated/α-hetero) is 1. The Morgan fingerprint density at radius 2 is 1.72 bits per heavy atom. The molecule has 0 unspecified atom stereocenters. The molecule has 0 saturated carbocycles. The predicted molar refractivity (Wildman–Crippen MR) is 119 cm³/mol. The lowest BCUT2D eigenvalue weighted by atomic mass is 10.2. The van der Waals surface area contributed by atoms with Crippen LogP contribution in [0.15, 0.2) is 60.8 Å². The fourth-order valence-electron chi connectivity index (χ4n) is 3.66. The van der Waals surface area contributed by atoms with E-state index < -0.39 is 0 Å². The minimum absolute atomic E-state index is 0.154. The highest BCUT2D eigenvalue weighted by molar-refractivity contribution is 5.92. The lowest BCUT2D eigenvalue weighted by molar-refractivity contribution is 0.101. The molecule has 0 radical (unpaired) electrons. The number of hydrogen-bond acceptors (Lipinski definition) is 6. The third kappa shape index (κ3) is 4.97. The van der Waals surface area contributed by atoms with Gasteiger partial charge in [-0.05, 0) is 35.9 Å². The van der Waals surface area contributed by atoms with Crippen LogP contribution in [0.4, 0.5) is 4.79 Å². The Labute approximate surface area is 187 Å². The van der Waals surface area contributed by atoms with Crippen molar-refractivity contribution in [2.75, 3.05) is 33.3 Å². The second-order valence-corrected chi connectivity index (χ2v) is 7.65. The molecule has 1 saturated heterocycles. The Hall–Kier alpha value is -3.65. The summed E-state index contributed by atoms with van der Waals surface area (Å²) in [5.74, 6) is 1.95. The third-order valence-electron chi connectivity index (χ3n) is 5.39. The van der Waals surface area contributed by atoms with E-state index in [0.29, 0.717) is 30.3 Å². The summed E-state index contributed by atoms with van der Waals surface area (Å²) < 4.78 is 12.6. The van der Waals surface area contributed by atoms with Crippen molar-refractivity contribution in [2.45, 2.75) is 13.5 Å². The normalized spacial score (nSPS) is 14.2. The number of ketones is 1. The molecule has 0 spiro atoms. The van der Waals surface area contributed by atoms with Crippen LogP contribution in [-0.2, 0) is 6.54 Å². The first-order valence-electron chi connectivity index (χ1n) is 10.5. The van der Waals surface area contributed by atoms with Crippen LogP contribution in [0.3, 0.4) is 0 Å². The second-order valence-electron chi connectivity index (χ2n) is 7.65. The molecule has 32 heavy (non-hydrogen) atoms. The highest BCUT2D eigenvalue weighted by Gasteiger charge is 2.23. The van der Waals surface area contributed by atoms with Crippen molar-refractivity contribution < 1.29 is 19.1 Å². The molecule has 1 fully saturated rings. The molecule has 1 amide bonds. The predicted octanol–water partition coefficient (Wildman–Crippen LogP) is 3.67. The van der Waals surface area contributed by atoms with Crippen LogP contribution in [0, 0.1) is 0 Å². The van der Waals surface area contributed by atoms with Crippen LogP contribution < -0.4 is 9.47 Å². The number of rotatable bonds is 6. The molecule has 166 valence electrons. The van der Waals surface area contributed by atoms with Crippen LogP contribution in [0.25, 0.3) is 0 Å². The van der Waals surface area contributed by atoms with Gasteiger partial charge in [0.15, 0.2) is 17.3 Å². The van der Waals surface area contributed by atoms with Gasteiger partial charge in [0.1, 0.15) is 11.4 Å². The molecule has 0 N–H and O–H groups in total. The van der Waals surface area contributed by atoms with Crippen molar-refractivity contribution in [3.63, 3.8) is 0 Å². The van der Waals surface area contributed by atoms with Gasteiger partial charge in [0.05, 0.1) is 7.11 Å². The average Bonchev–Trinajstić information content (AvgIpc) is 3.31. The summed E-state index contributed by atoms with van der Waals surface area (Å²) in [4.78, 5) is 28.1. The first kappa shape index (κ1) is 21.6. The highest BCUT2D eigenvalue weighted by atomic mass is 16.5. The topological polar surface area (TPSA) is 76.9 Å². The maximum atomic E-state index is 12.6. The van der Waals surface area contributed by atoms with E-state index in [1.54, 1.807) is 24.3 Å². The van der Waals surface area contributed by atoms with Gasteiger partial charge in [-0.1, -0.05) is 24.3 Å². The molecule has 3 aromatic rings. The summed E-state index contributed by atoms with van der Waals surface area (Å²) in [5, 5.41) is 4.07. The maximum Gasteiger partial charge on any atom is 0.344 e. The number of methoxy groups -OCH3 is 1. The van der Waals surface area contributed by atoms with Gasteiger partial charge in [-0.15, -0.1) is 0 Å². The molecular weight excluding hydrogens is 408 g/mol. The van der Waals surface area contributed by atoms with Crippen molar-refractivity contribution in [3.05, 3.63) is 72.1 Å². The summed E-state index contributed by atoms with van der Waals surface area (Å²) in [6.45, 7) is 4.92. The summed E-state index contributed by atoms with van der Waals surface area (Å²) in [7, 11) is 1.62. The Morgan fingerprint density at radius 3 is 2.41 bits per heavy atom. The van der Waals surface area contributed by atoms with Crippen molar-refractivity contribution in [3.8, 4) is 17.2 Å². The van der Waals surface area contributed by atoms with Crippen LogP contribution in [-0.4, -0.2) is 64.7 Å². The molecule has 0 bridgehead atoms. The van der Waals surface area contributed by atoms with Crippen LogP contribution in [0.1, 0.15) is 23.0 Å². The molecule has 1 aliphatic rings. The van der Waals surface area contributed by atoms with Crippen molar-refractivity contribution in [1.82, 2.24) is 19.6 Å². The van der Waals surface area contributed by atoms with E-state index in [2.05, 4.69) is 16.1 Å². The summed E-state index contributed by atoms with van der Waals surface area (Å²) in [6, 6.07) is 16.9. The van der Waals surface area contributed by atoms with E-state index in [1.807, 2.05) is 42.5 Å². The minimum atomic E-state index is -0.204. The number of hydrogen-bond donors (Lipinski definition) is 0. The highest BCUT2D eigenvalue weighted by Crippen LogP contribution is 2.31. The van der Waals surface area contributed by atoms with Gasteiger partial charge in [0.25, 0.3) is 0 Å². The molecule has 2 heterocycles. The lowest BCUT2D eigenvalue weighted by Gasteiger charge is -2.34. The molecule has 1 aliphatic heterocycles. The fraction of sp³-hybridized carbons (Fsp3) is 0.292. The largest absolute Gasteiger partial charge is 0.493 e. The zero-order valence-corrected chi connectivity index (χ0v) is 18.2. The molecule has 8 heteroatoms. The quantitative estimate of drug-likeness (QED) is 0.551. The molecule has 1 aromatic heterocycles. The number of carbonyl (C=O) groups excluding carboxylic acids is 2. The van der Waals surface area contributed by atoms with Crippen LogP contribution in [0.2, 0.25) is 0 Å². The van der Waals surface area contributed by atoms with Gasteiger partial charge in [-0.3, -0.25) is 9.69 Å². The number of benzene rings is 2. The SMILES string of the molecule is COc1ccccc1Oc1cccc(CN2CCN(C(=O)n3ccc(C(C)=O)n3)CC2)c1. The average molecular weight is 434 g/mol. The van der Waals surface area contributed by atoms with E-state index in [0.717, 1.165) is 30.9 Å². The van der Waals surface area contributed by atoms with E-state index in [9.17, 15) is 9.59 Å². The summed E-state index contributed by atoms with van der Waals surface area (Å²) in [6.07, 6.45) is 1.54. The number of carbonyl (C=O) groups is 2. The van der Waals surface area contributed by atoms with Gasteiger partial charge >= 0.3 is 6.03 Å². The van der Waals surface area contributed by atoms with E-state index in [1.165, 1.54) is 11.6 Å². The molecule has 0 atom stereocenters. The Morgan fingerprint density at radius 1 is 0.969 bits per heavy atom. The molecular formula is C24H26N4O4. The van der Waals surface area contributed by atoms with Crippen molar-refractivity contribution >= 4 is 11.8 Å². The van der Waals surface area contributed by atoms with E-state index in [4.69, 9.17) is 9.47 Å². The molecule has 0 aliphatic carbocycles. The number of ether oxygens (including phenoxy) is 2. The van der Waals surface area contributed by atoms with Gasteiger partial charge in [-0.25, -0.2) is 4.79 Å². The Balaban J connectivity index is 1.33. The van der Waals surface area contributed by atoms with Gasteiger partial charge < -0.3 is 14.4 Å². The summed E-state index contributed by atoms with van der Waals surface area (Å²) in [5.41, 5.74) is 1.43. The number of amides is 1. The molecule has 8 nitrogen and oxygen atoms in total. The monoisotopic (exact) mass is 434 g/mol. The van der Waals surface area contributed by atoms with E-state index >= 15 is 0 Å². The van der Waals surface area contributed by atoms with Gasteiger partial charge in [-0.2, -0.15) is 9.78 Å². The first-order valence-corrected chi connectivity index (χ1v) is 10.5. The van der Waals surface area contributed by atoms with E-state index in [-0.39, 0.29) is 11.8 Å². The summed E-state index contributed by atoms with van der Waals surface area (Å²) >= 11 is 0. The van der Waals surface area contributed by atoms with Crippen molar-refractivity contribution in [2.24, 2.45) is 0 Å². The van der Waals surface area contributed by atoms with Crippen molar-refractivity contribution in [1.29, 1.82) is 0 Å². The zero-order chi connectivity index (χ0) is 22.5. The molecule has 2 aromatic carbocycles. The van der Waals surface area contributed by atoms with Crippen LogP contribution in [0.5, 0.6) is 17.2 Å². The van der Waals surface area contributed by atoms with Gasteiger partial charge in [0.2, 0.25) is 0 Å². The third-order valence-corrected chi connectivity index (χ3v) is 5.39. The molecule has 4 rings (SSSR count). The number of para-hydroxylation sites is 2. The Kier molecular flexibility index (Phi) is 6.51. The number of aromatic nitrogens is 2. The zero-order valence-electron chi connectivity index (χ0n) is 18.2. The number of nitrogens with zero attached hydrogens (tertiary/aromatic N) is 4.